The van der Waals surface area contributed by atoms with Crippen LogP contribution in [0, 0.1) is 18.8 Å². The highest BCUT2D eigenvalue weighted by Gasteiger charge is 2.14. The van der Waals surface area contributed by atoms with Crippen LogP contribution in [0.4, 0.5) is 0 Å². The summed E-state index contributed by atoms with van der Waals surface area (Å²) in [6, 6.07) is 5.18. The third-order valence-electron chi connectivity index (χ3n) is 2.43. The number of aliphatic hydroxyl groups is 1. The van der Waals surface area contributed by atoms with E-state index in [1.807, 2.05) is 0 Å². The number of aliphatic hydroxyl groups excluding tert-OH is 1. The van der Waals surface area contributed by atoms with Crippen molar-refractivity contribution in [3.8, 4) is 11.8 Å². The van der Waals surface area contributed by atoms with E-state index in [-0.39, 0.29) is 18.9 Å². The van der Waals surface area contributed by atoms with Crippen molar-refractivity contribution in [3.63, 3.8) is 0 Å². The van der Waals surface area contributed by atoms with Gasteiger partial charge in [-0.05, 0) is 19.1 Å². The van der Waals surface area contributed by atoms with Crippen molar-refractivity contribution < 1.29 is 18.0 Å². The maximum absolute atomic E-state index is 11.9. The van der Waals surface area contributed by atoms with Gasteiger partial charge in [-0.2, -0.15) is 0 Å². The Bertz CT molecular complexity index is 765. The van der Waals surface area contributed by atoms with Crippen molar-refractivity contribution >= 4 is 21.4 Å². The molecule has 0 atom stereocenters. The third kappa shape index (κ3) is 4.99. The third-order valence-corrected chi connectivity index (χ3v) is 4.69. The average molecular weight is 326 g/mol. The fourth-order valence-electron chi connectivity index (χ4n) is 1.58. The molecule has 2 aromatic rings. The normalized spacial score (nSPS) is 11.1. The van der Waals surface area contributed by atoms with E-state index in [9.17, 15) is 8.42 Å². The molecule has 6 nitrogen and oxygen atoms in total. The van der Waals surface area contributed by atoms with E-state index < -0.39 is 10.0 Å². The van der Waals surface area contributed by atoms with Gasteiger partial charge < -0.3 is 9.63 Å². The second kappa shape index (κ2) is 6.87. The molecule has 2 heterocycles. The lowest BCUT2D eigenvalue weighted by atomic mass is 10.4. The molecular formula is C13H14N2O4S2. The molecule has 0 aliphatic carbocycles. The van der Waals surface area contributed by atoms with Gasteiger partial charge in [0, 0.05) is 17.5 Å². The first kappa shape index (κ1) is 15.7. The Morgan fingerprint density at radius 3 is 2.95 bits per heavy atom. The predicted octanol–water partition coefficient (Wildman–Crippen LogP) is 1.01. The van der Waals surface area contributed by atoms with Crippen LogP contribution in [-0.4, -0.2) is 25.3 Å². The molecule has 0 aliphatic heterocycles. The monoisotopic (exact) mass is 326 g/mol. The van der Waals surface area contributed by atoms with Crippen LogP contribution in [0.2, 0.25) is 0 Å². The Kier molecular flexibility index (Phi) is 5.14. The van der Waals surface area contributed by atoms with Gasteiger partial charge in [-0.15, -0.1) is 11.3 Å². The van der Waals surface area contributed by atoms with E-state index in [2.05, 4.69) is 21.7 Å². The van der Waals surface area contributed by atoms with Gasteiger partial charge in [-0.3, -0.25) is 0 Å². The molecule has 0 saturated heterocycles. The summed E-state index contributed by atoms with van der Waals surface area (Å²) in [6.45, 7) is 1.71. The second-order valence-corrected chi connectivity index (χ2v) is 7.21. The molecule has 0 bridgehead atoms. The van der Waals surface area contributed by atoms with Crippen LogP contribution in [0.15, 0.2) is 22.7 Å². The zero-order valence-corrected chi connectivity index (χ0v) is 12.9. The Hall–Kier alpha value is -1.66. The molecule has 0 aromatic carbocycles. The Morgan fingerprint density at radius 2 is 2.29 bits per heavy atom. The van der Waals surface area contributed by atoms with Crippen molar-refractivity contribution in [1.29, 1.82) is 0 Å². The van der Waals surface area contributed by atoms with E-state index in [1.165, 1.54) is 11.3 Å². The molecule has 0 spiro atoms. The Labute approximate surface area is 126 Å². The molecule has 0 radical (unpaired) electrons. The molecule has 0 fully saturated rings. The molecule has 2 N–H and O–H groups in total. The van der Waals surface area contributed by atoms with E-state index in [0.717, 1.165) is 9.75 Å². The molecular weight excluding hydrogens is 312 g/mol. The van der Waals surface area contributed by atoms with Gasteiger partial charge in [-0.1, -0.05) is 17.0 Å². The van der Waals surface area contributed by atoms with Crippen LogP contribution in [0.25, 0.3) is 0 Å². The maximum Gasteiger partial charge on any atom is 0.217 e. The molecule has 21 heavy (non-hydrogen) atoms. The molecule has 0 saturated carbocycles. The summed E-state index contributed by atoms with van der Waals surface area (Å²) in [5, 5.41) is 12.3. The summed E-state index contributed by atoms with van der Waals surface area (Å²) in [5.41, 5.74) is 0.376. The number of thiophene rings is 1. The van der Waals surface area contributed by atoms with Crippen LogP contribution < -0.4 is 4.72 Å². The minimum absolute atomic E-state index is 0.197. The number of aromatic nitrogens is 1. The molecule has 8 heteroatoms. The number of sulfonamides is 1. The fraction of sp³-hybridized carbons (Fsp3) is 0.308. The van der Waals surface area contributed by atoms with Crippen LogP contribution >= 0.6 is 11.3 Å². The summed E-state index contributed by atoms with van der Waals surface area (Å²) < 4.78 is 31.2. The molecule has 0 aliphatic rings. The lowest BCUT2D eigenvalue weighted by molar-refractivity contribution is 0.350. The van der Waals surface area contributed by atoms with Crippen molar-refractivity contribution in [2.24, 2.45) is 0 Å². The lowest BCUT2D eigenvalue weighted by Crippen LogP contribution is -2.24. The quantitative estimate of drug-likeness (QED) is 0.800. The van der Waals surface area contributed by atoms with Gasteiger partial charge in [0.05, 0.1) is 4.88 Å². The van der Waals surface area contributed by atoms with E-state index in [4.69, 9.17) is 9.63 Å². The van der Waals surface area contributed by atoms with E-state index in [1.54, 1.807) is 25.1 Å². The first-order valence-corrected chi connectivity index (χ1v) is 8.53. The van der Waals surface area contributed by atoms with Crippen molar-refractivity contribution in [3.05, 3.63) is 39.4 Å². The van der Waals surface area contributed by atoms with Gasteiger partial charge in [0.15, 0.2) is 0 Å². The van der Waals surface area contributed by atoms with Crippen molar-refractivity contribution in [2.45, 2.75) is 19.2 Å². The standard InChI is InChI=1S/C13H14N2O4S2/c1-10-7-11(15-19-10)9-21(17,18)14-8-13-5-4-12(20-13)3-2-6-16/h4-5,7,14,16H,6,8-9H2,1H3. The van der Waals surface area contributed by atoms with Crippen LogP contribution in [0.3, 0.4) is 0 Å². The number of hydrogen-bond donors (Lipinski definition) is 2. The minimum Gasteiger partial charge on any atom is -0.384 e. The van der Waals surface area contributed by atoms with E-state index >= 15 is 0 Å². The molecule has 2 rings (SSSR count). The zero-order valence-electron chi connectivity index (χ0n) is 11.3. The number of hydrogen-bond acceptors (Lipinski definition) is 6. The number of nitrogens with one attached hydrogen (secondary N) is 1. The topological polar surface area (TPSA) is 92.4 Å². The minimum atomic E-state index is -3.47. The number of rotatable bonds is 5. The number of nitrogens with zero attached hydrogens (tertiary/aromatic N) is 1. The number of aryl methyl sites for hydroxylation is 1. The summed E-state index contributed by atoms with van der Waals surface area (Å²) in [5.74, 6) is 5.68. The molecule has 2 aromatic heterocycles. The van der Waals surface area contributed by atoms with Crippen LogP contribution in [-0.2, 0) is 22.3 Å². The smallest absolute Gasteiger partial charge is 0.217 e. The molecule has 112 valence electrons. The van der Waals surface area contributed by atoms with Gasteiger partial charge in [0.2, 0.25) is 10.0 Å². The van der Waals surface area contributed by atoms with E-state index in [0.29, 0.717) is 11.5 Å². The van der Waals surface area contributed by atoms with Gasteiger partial charge >= 0.3 is 0 Å². The average Bonchev–Trinajstić information content (AvgIpc) is 3.03. The predicted molar refractivity (Wildman–Crippen MR) is 79.0 cm³/mol. The summed E-state index contributed by atoms with van der Waals surface area (Å²) in [7, 11) is -3.47. The van der Waals surface area contributed by atoms with Crippen molar-refractivity contribution in [1.82, 2.24) is 9.88 Å². The van der Waals surface area contributed by atoms with Crippen LogP contribution in [0.5, 0.6) is 0 Å². The lowest BCUT2D eigenvalue weighted by Gasteiger charge is -2.02. The van der Waals surface area contributed by atoms with Gasteiger partial charge in [0.1, 0.15) is 23.8 Å². The maximum atomic E-state index is 11.9. The summed E-state index contributed by atoms with van der Waals surface area (Å²) in [4.78, 5) is 1.63. The van der Waals surface area contributed by atoms with Crippen molar-refractivity contribution in [2.75, 3.05) is 6.61 Å². The Morgan fingerprint density at radius 1 is 1.48 bits per heavy atom. The SMILES string of the molecule is Cc1cc(CS(=O)(=O)NCc2ccc(C#CCO)s2)no1. The van der Waals surface area contributed by atoms with Gasteiger partial charge in [0.25, 0.3) is 0 Å². The largest absolute Gasteiger partial charge is 0.384 e. The first-order valence-electron chi connectivity index (χ1n) is 6.06. The highest BCUT2D eigenvalue weighted by atomic mass is 32.2. The highest BCUT2D eigenvalue weighted by Crippen LogP contribution is 2.15. The molecule has 0 unspecified atom stereocenters. The fourth-order valence-corrected chi connectivity index (χ4v) is 3.50. The highest BCUT2D eigenvalue weighted by molar-refractivity contribution is 7.88. The van der Waals surface area contributed by atoms with Gasteiger partial charge in [-0.25, -0.2) is 13.1 Å². The Balaban J connectivity index is 1.93. The first-order chi connectivity index (χ1) is 9.98. The molecule has 0 amide bonds. The zero-order chi connectivity index (χ0) is 15.3. The second-order valence-electron chi connectivity index (χ2n) is 4.23. The summed E-state index contributed by atoms with van der Waals surface area (Å²) >= 11 is 1.38. The summed E-state index contributed by atoms with van der Waals surface area (Å²) in [6.07, 6.45) is 0. The van der Waals surface area contributed by atoms with Crippen LogP contribution in [0.1, 0.15) is 21.2 Å².